The summed E-state index contributed by atoms with van der Waals surface area (Å²) < 4.78 is 5.62. The van der Waals surface area contributed by atoms with Crippen molar-refractivity contribution >= 4 is 69.1 Å². The number of carbonyl (C=O) groups is 5. The number of nitrogens with one attached hydrogen (secondary N) is 3. The number of oxime groups is 1. The van der Waals surface area contributed by atoms with Crippen LogP contribution < -0.4 is 21.7 Å². The number of alkyl halides is 1. The molecule has 0 bridgehead atoms. The van der Waals surface area contributed by atoms with Gasteiger partial charge in [-0.25, -0.2) is 4.98 Å². The first-order valence-electron chi connectivity index (χ1n) is 11.4. The number of nitro groups is 1. The molecule has 0 aliphatic carbocycles. The summed E-state index contributed by atoms with van der Waals surface area (Å²) in [6.07, 6.45) is -0.763. The van der Waals surface area contributed by atoms with Gasteiger partial charge in [-0.1, -0.05) is 5.16 Å². The van der Waals surface area contributed by atoms with Crippen LogP contribution in [-0.4, -0.2) is 74.1 Å². The molecule has 3 rings (SSSR count). The zero-order chi connectivity index (χ0) is 30.3. The minimum atomic E-state index is -1.98. The van der Waals surface area contributed by atoms with Crippen molar-refractivity contribution in [3.63, 3.8) is 0 Å². The highest BCUT2D eigenvalue weighted by Gasteiger charge is 2.45. The first kappa shape index (κ1) is 30.9. The number of nitrogens with zero attached hydrogens (tertiary/aromatic N) is 3. The highest BCUT2D eigenvalue weighted by molar-refractivity contribution is 7.14. The average molecular weight is 612 g/mol. The summed E-state index contributed by atoms with van der Waals surface area (Å²) in [6, 6.07) is 2.73. The lowest BCUT2D eigenvalue weighted by Crippen LogP contribution is -2.73. The van der Waals surface area contributed by atoms with Crippen LogP contribution in [0.2, 0.25) is 0 Å². The maximum absolute atomic E-state index is 13.1. The van der Waals surface area contributed by atoms with Gasteiger partial charge in [-0.15, -0.1) is 22.9 Å². The Bertz CT molecular complexity index is 1400. The number of thiazole rings is 1. The molecule has 1 aromatic heterocycles. The maximum atomic E-state index is 13.1. The Hall–Kier alpha value is -4.68. The van der Waals surface area contributed by atoms with Crippen molar-refractivity contribution in [3.05, 3.63) is 51.0 Å². The normalized spacial score (nSPS) is 17.8. The molecule has 0 radical (unpaired) electrons. The fourth-order valence-corrected chi connectivity index (χ4v) is 4.03. The number of nitro benzene ring substituents is 1. The number of primary amides is 1. The first-order chi connectivity index (χ1) is 19.3. The fraction of sp³-hybridized carbons (Fsp3) is 0.318. The SMILES string of the molecule is CC(CC(=O)O)(OCc1ccc([N+](=O)[O-])cc1)ON=C(C(=O)N[C@@H]1C(=O)N[C@@H]1C(N)=O)c1csc(NC(=O)CCl)n1. The molecule has 4 amide bonds. The molecule has 6 N–H and O–H groups in total. The number of halogens is 1. The summed E-state index contributed by atoms with van der Waals surface area (Å²) in [4.78, 5) is 79.5. The van der Waals surface area contributed by atoms with Gasteiger partial charge < -0.3 is 36.4 Å². The van der Waals surface area contributed by atoms with Crippen molar-refractivity contribution in [1.82, 2.24) is 15.6 Å². The average Bonchev–Trinajstić information content (AvgIpc) is 3.36. The number of nitrogens with two attached hydrogens (primary N) is 1. The molecular weight excluding hydrogens is 590 g/mol. The van der Waals surface area contributed by atoms with Crippen LogP contribution in [0.4, 0.5) is 10.8 Å². The van der Waals surface area contributed by atoms with Crippen LogP contribution in [-0.2, 0) is 40.2 Å². The molecule has 2 aromatic rings. The summed E-state index contributed by atoms with van der Waals surface area (Å²) >= 11 is 6.37. The van der Waals surface area contributed by atoms with E-state index in [4.69, 9.17) is 26.9 Å². The Kier molecular flexibility index (Phi) is 9.87. The van der Waals surface area contributed by atoms with E-state index in [2.05, 4.69) is 26.1 Å². The lowest BCUT2D eigenvalue weighted by molar-refractivity contribution is -0.384. The van der Waals surface area contributed by atoms with Gasteiger partial charge in [0.05, 0.1) is 11.5 Å². The number of carboxylic acids is 1. The highest BCUT2D eigenvalue weighted by atomic mass is 35.5. The molecule has 3 atom stereocenters. The predicted octanol–water partition coefficient (Wildman–Crippen LogP) is -0.174. The second-order valence-corrected chi connectivity index (χ2v) is 9.63. The van der Waals surface area contributed by atoms with Gasteiger partial charge in [0.15, 0.2) is 10.8 Å². The van der Waals surface area contributed by atoms with Gasteiger partial charge in [0.1, 0.15) is 30.1 Å². The number of rotatable bonds is 14. The van der Waals surface area contributed by atoms with E-state index in [1.165, 1.54) is 36.6 Å². The summed E-state index contributed by atoms with van der Waals surface area (Å²) in [5.74, 6) is -6.94. The molecule has 1 aliphatic rings. The number of amides is 4. The quantitative estimate of drug-likeness (QED) is 0.0467. The second-order valence-electron chi connectivity index (χ2n) is 8.51. The van der Waals surface area contributed by atoms with Crippen LogP contribution in [0.3, 0.4) is 0 Å². The summed E-state index contributed by atoms with van der Waals surface area (Å²) in [5.41, 5.74) is 4.77. The number of hydrogen-bond donors (Lipinski definition) is 5. The number of hydrogen-bond acceptors (Lipinski definition) is 12. The van der Waals surface area contributed by atoms with Crippen LogP contribution >= 0.6 is 22.9 Å². The molecule has 2 heterocycles. The molecule has 1 aromatic carbocycles. The zero-order valence-corrected chi connectivity index (χ0v) is 22.6. The van der Waals surface area contributed by atoms with E-state index in [9.17, 15) is 39.2 Å². The first-order valence-corrected chi connectivity index (χ1v) is 12.8. The van der Waals surface area contributed by atoms with Gasteiger partial charge in [-0.2, -0.15) is 0 Å². The minimum absolute atomic E-state index is 0.0327. The fourth-order valence-electron chi connectivity index (χ4n) is 3.25. The number of aliphatic carboxylic acids is 1. The number of aromatic nitrogens is 1. The molecule has 0 saturated carbocycles. The van der Waals surface area contributed by atoms with Gasteiger partial charge in [-0.05, 0) is 17.7 Å². The Morgan fingerprint density at radius 3 is 2.56 bits per heavy atom. The van der Waals surface area contributed by atoms with Gasteiger partial charge >= 0.3 is 5.97 Å². The van der Waals surface area contributed by atoms with Gasteiger partial charge in [0.25, 0.3) is 11.6 Å². The number of carbonyl (C=O) groups excluding carboxylic acids is 4. The van der Waals surface area contributed by atoms with Crippen molar-refractivity contribution in [2.75, 3.05) is 11.2 Å². The van der Waals surface area contributed by atoms with Crippen molar-refractivity contribution in [2.24, 2.45) is 10.9 Å². The zero-order valence-electron chi connectivity index (χ0n) is 21.0. The van der Waals surface area contributed by atoms with E-state index >= 15 is 0 Å². The third kappa shape index (κ3) is 8.16. The minimum Gasteiger partial charge on any atom is -0.481 e. The number of β-lactam (4-membered cyclic amide) rings is 1. The number of non-ortho nitro benzene ring substituents is 1. The lowest BCUT2D eigenvalue weighted by Gasteiger charge is -2.34. The van der Waals surface area contributed by atoms with Crippen molar-refractivity contribution in [1.29, 1.82) is 0 Å². The van der Waals surface area contributed by atoms with E-state index in [1.54, 1.807) is 0 Å². The third-order valence-corrected chi connectivity index (χ3v) is 6.33. The van der Waals surface area contributed by atoms with Crippen LogP contribution in [0, 0.1) is 10.1 Å². The van der Waals surface area contributed by atoms with E-state index < -0.39 is 64.5 Å². The smallest absolute Gasteiger partial charge is 0.310 e. The summed E-state index contributed by atoms with van der Waals surface area (Å²) in [6.45, 7) is 0.966. The highest BCUT2D eigenvalue weighted by Crippen LogP contribution is 2.23. The van der Waals surface area contributed by atoms with Gasteiger partial charge in [0.2, 0.25) is 23.5 Å². The number of benzene rings is 1. The Labute approximate surface area is 239 Å². The van der Waals surface area contributed by atoms with Crippen LogP contribution in [0.25, 0.3) is 0 Å². The molecule has 19 heteroatoms. The Morgan fingerprint density at radius 2 is 2.00 bits per heavy atom. The molecule has 1 unspecified atom stereocenters. The topological polar surface area (TPSA) is 255 Å². The molecule has 1 aliphatic heterocycles. The monoisotopic (exact) mass is 611 g/mol. The van der Waals surface area contributed by atoms with E-state index in [1.807, 2.05) is 0 Å². The number of carboxylic acid groups (broad SMARTS) is 1. The third-order valence-electron chi connectivity index (χ3n) is 5.33. The molecule has 17 nitrogen and oxygen atoms in total. The van der Waals surface area contributed by atoms with Gasteiger partial charge in [-0.3, -0.25) is 34.1 Å². The maximum Gasteiger partial charge on any atom is 0.310 e. The van der Waals surface area contributed by atoms with Crippen molar-refractivity contribution in [3.8, 4) is 0 Å². The van der Waals surface area contributed by atoms with Gasteiger partial charge in [0, 0.05) is 24.4 Å². The molecule has 41 heavy (non-hydrogen) atoms. The van der Waals surface area contributed by atoms with E-state index in [-0.39, 0.29) is 29.0 Å². The molecule has 1 fully saturated rings. The lowest BCUT2D eigenvalue weighted by atomic mass is 9.98. The standard InChI is InChI=1S/C22H22ClN7O10S/c1-22(6-14(32)33,39-8-10-2-4-11(5-3-10)30(37)38)40-29-15(12-9-41-21(25-12)26-13(31)7-23)19(35)28-17-16(18(24)34)27-20(17)36/h2-5,9,16-17H,6-8H2,1H3,(H2,24,34)(H,27,36)(H,28,35)(H,32,33)(H,25,26,31)/t16-,17-,22?/m0/s1. The summed E-state index contributed by atoms with van der Waals surface area (Å²) in [7, 11) is 0. The predicted molar refractivity (Wildman–Crippen MR) is 141 cm³/mol. The molecular formula is C22H22ClN7O10S. The Morgan fingerprint density at radius 1 is 1.32 bits per heavy atom. The summed E-state index contributed by atoms with van der Waals surface area (Å²) in [5, 5.41) is 32.3. The van der Waals surface area contributed by atoms with Crippen LogP contribution in [0.15, 0.2) is 34.8 Å². The van der Waals surface area contributed by atoms with Crippen LogP contribution in [0.1, 0.15) is 24.6 Å². The molecule has 0 spiro atoms. The van der Waals surface area contributed by atoms with E-state index in [0.29, 0.717) is 5.56 Å². The van der Waals surface area contributed by atoms with E-state index in [0.717, 1.165) is 11.3 Å². The molecule has 218 valence electrons. The van der Waals surface area contributed by atoms with Crippen molar-refractivity contribution < 1.29 is 43.6 Å². The van der Waals surface area contributed by atoms with Crippen molar-refractivity contribution in [2.45, 2.75) is 37.8 Å². The Balaban J connectivity index is 1.88. The largest absolute Gasteiger partial charge is 0.481 e. The molecule has 1 saturated heterocycles. The number of ether oxygens (including phenoxy) is 1. The second kappa shape index (κ2) is 13.1. The van der Waals surface area contributed by atoms with Crippen LogP contribution in [0.5, 0.6) is 0 Å². The number of anilines is 1.